The van der Waals surface area contributed by atoms with Gasteiger partial charge in [-0.05, 0) is 62.2 Å². The number of halogens is 3. The Morgan fingerprint density at radius 2 is 1.86 bits per heavy atom. The molecular weight excluding hydrogens is 381 g/mol. The van der Waals surface area contributed by atoms with Crippen LogP contribution in [-0.4, -0.2) is 35.9 Å². The first-order valence-corrected chi connectivity index (χ1v) is 9.25. The molecule has 2 aromatic rings. The van der Waals surface area contributed by atoms with E-state index in [2.05, 4.69) is 15.0 Å². The third-order valence-corrected chi connectivity index (χ3v) is 4.69. The van der Waals surface area contributed by atoms with Crippen LogP contribution in [0.15, 0.2) is 53.3 Å². The molecule has 152 valence electrons. The van der Waals surface area contributed by atoms with Gasteiger partial charge in [-0.1, -0.05) is 12.1 Å². The van der Waals surface area contributed by atoms with Gasteiger partial charge in [-0.25, -0.2) is 4.98 Å². The summed E-state index contributed by atoms with van der Waals surface area (Å²) in [5, 5.41) is 4.22. The summed E-state index contributed by atoms with van der Waals surface area (Å²) >= 11 is 0. The molecule has 8 heteroatoms. The second-order valence-corrected chi connectivity index (χ2v) is 6.52. The number of rotatable bonds is 5. The minimum Gasteiger partial charge on any atom is -0.372 e. The third kappa shape index (κ3) is 4.16. The Labute approximate surface area is 167 Å². The second kappa shape index (κ2) is 8.06. The number of benzene rings is 1. The number of hydrogen-bond acceptors (Lipinski definition) is 4. The van der Waals surface area contributed by atoms with Gasteiger partial charge in [-0.15, -0.1) is 0 Å². The highest BCUT2D eigenvalue weighted by Crippen LogP contribution is 2.32. The molecule has 3 rings (SSSR count). The van der Waals surface area contributed by atoms with Gasteiger partial charge in [0.25, 0.3) is 5.91 Å². The molecule has 1 amide bonds. The number of carbonyl (C=O) groups is 1. The van der Waals surface area contributed by atoms with Crippen molar-refractivity contribution >= 4 is 29.2 Å². The highest BCUT2D eigenvalue weighted by atomic mass is 19.4. The Morgan fingerprint density at radius 1 is 1.14 bits per heavy atom. The predicted molar refractivity (Wildman–Crippen MR) is 108 cm³/mol. The van der Waals surface area contributed by atoms with E-state index in [0.29, 0.717) is 10.6 Å². The van der Waals surface area contributed by atoms with E-state index < -0.39 is 23.4 Å². The molecule has 0 radical (unpaired) electrons. The van der Waals surface area contributed by atoms with E-state index in [0.717, 1.165) is 24.3 Å². The van der Waals surface area contributed by atoms with Crippen LogP contribution in [0.2, 0.25) is 0 Å². The SMILES string of the molecule is CCN(CC)c1ccc(/C=C2/C(=O)N(c3ccccn3)N=C2C(F)(F)F)c(C)c1. The van der Waals surface area contributed by atoms with Crippen molar-refractivity contribution in [1.82, 2.24) is 4.98 Å². The first-order valence-electron chi connectivity index (χ1n) is 9.25. The minimum absolute atomic E-state index is 0.0382. The van der Waals surface area contributed by atoms with Crippen molar-refractivity contribution < 1.29 is 18.0 Å². The van der Waals surface area contributed by atoms with Gasteiger partial charge in [0.2, 0.25) is 0 Å². The van der Waals surface area contributed by atoms with Gasteiger partial charge in [-0.3, -0.25) is 4.79 Å². The molecule has 0 aliphatic carbocycles. The number of aryl methyl sites for hydroxylation is 1. The maximum Gasteiger partial charge on any atom is 0.435 e. The standard InChI is InChI=1S/C21H21F3N4O/c1-4-27(5-2)16-10-9-15(14(3)12-16)13-17-19(21(22,23)24)26-28(20(17)29)18-8-6-7-11-25-18/h6-13H,4-5H2,1-3H3/b17-13+. The van der Waals surface area contributed by atoms with Crippen molar-refractivity contribution in [3.05, 3.63) is 59.3 Å². The van der Waals surface area contributed by atoms with Crippen LogP contribution in [0.1, 0.15) is 25.0 Å². The molecule has 29 heavy (non-hydrogen) atoms. The van der Waals surface area contributed by atoms with E-state index in [4.69, 9.17) is 0 Å². The molecule has 2 heterocycles. The third-order valence-electron chi connectivity index (χ3n) is 4.69. The number of alkyl halides is 3. The first-order chi connectivity index (χ1) is 13.8. The summed E-state index contributed by atoms with van der Waals surface area (Å²) < 4.78 is 40.7. The van der Waals surface area contributed by atoms with Crippen LogP contribution in [0.25, 0.3) is 6.08 Å². The van der Waals surface area contributed by atoms with Crippen LogP contribution in [0.3, 0.4) is 0 Å². The van der Waals surface area contributed by atoms with Crippen molar-refractivity contribution in [2.45, 2.75) is 26.9 Å². The molecule has 1 aromatic carbocycles. The number of amides is 1. The minimum atomic E-state index is -4.76. The lowest BCUT2D eigenvalue weighted by molar-refractivity contribution is -0.114. The summed E-state index contributed by atoms with van der Waals surface area (Å²) in [5.41, 5.74) is 0.561. The van der Waals surface area contributed by atoms with Crippen LogP contribution in [-0.2, 0) is 4.79 Å². The van der Waals surface area contributed by atoms with Gasteiger partial charge < -0.3 is 4.90 Å². The highest BCUT2D eigenvalue weighted by Gasteiger charge is 2.47. The number of pyridine rings is 1. The Hall–Kier alpha value is -3.16. The lowest BCUT2D eigenvalue weighted by atomic mass is 10.0. The normalized spacial score (nSPS) is 15.8. The monoisotopic (exact) mass is 402 g/mol. The molecule has 1 aliphatic rings. The van der Waals surface area contributed by atoms with Crippen molar-refractivity contribution in [1.29, 1.82) is 0 Å². The van der Waals surface area contributed by atoms with E-state index in [9.17, 15) is 18.0 Å². The topological polar surface area (TPSA) is 48.8 Å². The molecule has 1 aromatic heterocycles. The van der Waals surface area contributed by atoms with E-state index in [1.54, 1.807) is 25.1 Å². The molecule has 0 N–H and O–H groups in total. The van der Waals surface area contributed by atoms with Crippen LogP contribution in [0.5, 0.6) is 0 Å². The molecule has 0 fully saturated rings. The van der Waals surface area contributed by atoms with Crippen molar-refractivity contribution in [2.75, 3.05) is 23.0 Å². The molecular formula is C21H21F3N4O. The van der Waals surface area contributed by atoms with E-state index in [1.807, 2.05) is 26.0 Å². The van der Waals surface area contributed by atoms with E-state index in [-0.39, 0.29) is 5.82 Å². The van der Waals surface area contributed by atoms with Gasteiger partial charge in [0.05, 0.1) is 5.57 Å². The van der Waals surface area contributed by atoms with Gasteiger partial charge in [0, 0.05) is 25.0 Å². The maximum atomic E-state index is 13.6. The smallest absolute Gasteiger partial charge is 0.372 e. The molecule has 5 nitrogen and oxygen atoms in total. The van der Waals surface area contributed by atoms with Crippen molar-refractivity contribution in [2.24, 2.45) is 5.10 Å². The zero-order chi connectivity index (χ0) is 21.2. The zero-order valence-electron chi connectivity index (χ0n) is 16.4. The van der Waals surface area contributed by atoms with Crippen LogP contribution < -0.4 is 9.91 Å². The van der Waals surface area contributed by atoms with Gasteiger partial charge in [0.1, 0.15) is 0 Å². The Bertz CT molecular complexity index is 964. The molecule has 0 saturated carbocycles. The fraction of sp³-hybridized carbons (Fsp3) is 0.286. The summed E-state index contributed by atoms with van der Waals surface area (Å²) in [5.74, 6) is -0.820. The Morgan fingerprint density at radius 3 is 2.41 bits per heavy atom. The summed E-state index contributed by atoms with van der Waals surface area (Å²) in [7, 11) is 0. The molecule has 0 unspecified atom stereocenters. The maximum absolute atomic E-state index is 13.6. The molecule has 0 atom stereocenters. The molecule has 1 aliphatic heterocycles. The largest absolute Gasteiger partial charge is 0.435 e. The first kappa shape index (κ1) is 20.6. The molecule has 0 saturated heterocycles. The van der Waals surface area contributed by atoms with E-state index >= 15 is 0 Å². The lowest BCUT2D eigenvalue weighted by Crippen LogP contribution is -2.25. The summed E-state index contributed by atoms with van der Waals surface area (Å²) in [6.07, 6.45) is -2.12. The summed E-state index contributed by atoms with van der Waals surface area (Å²) in [6.45, 7) is 7.51. The average Bonchev–Trinajstić information content (AvgIpc) is 3.02. The Balaban J connectivity index is 2.03. The summed E-state index contributed by atoms with van der Waals surface area (Å²) in [6, 6.07) is 10.1. The quantitative estimate of drug-likeness (QED) is 0.688. The van der Waals surface area contributed by atoms with Gasteiger partial charge in [-0.2, -0.15) is 23.3 Å². The van der Waals surface area contributed by atoms with E-state index in [1.165, 1.54) is 18.3 Å². The van der Waals surface area contributed by atoms with Gasteiger partial charge in [0.15, 0.2) is 11.5 Å². The summed E-state index contributed by atoms with van der Waals surface area (Å²) in [4.78, 5) is 18.8. The zero-order valence-corrected chi connectivity index (χ0v) is 16.4. The number of aromatic nitrogens is 1. The Kier molecular flexibility index (Phi) is 5.72. The second-order valence-electron chi connectivity index (χ2n) is 6.52. The number of hydrogen-bond donors (Lipinski definition) is 0. The lowest BCUT2D eigenvalue weighted by Gasteiger charge is -2.22. The average molecular weight is 402 g/mol. The van der Waals surface area contributed by atoms with Crippen LogP contribution in [0, 0.1) is 6.92 Å². The number of carbonyl (C=O) groups excluding carboxylic acids is 1. The highest BCUT2D eigenvalue weighted by molar-refractivity contribution is 6.34. The van der Waals surface area contributed by atoms with Crippen LogP contribution >= 0.6 is 0 Å². The van der Waals surface area contributed by atoms with Crippen molar-refractivity contribution in [3.63, 3.8) is 0 Å². The number of nitrogens with zero attached hydrogens (tertiary/aromatic N) is 4. The fourth-order valence-corrected chi connectivity index (χ4v) is 3.15. The van der Waals surface area contributed by atoms with Crippen LogP contribution in [0.4, 0.5) is 24.7 Å². The predicted octanol–water partition coefficient (Wildman–Crippen LogP) is 4.58. The number of hydrazone groups is 1. The molecule has 0 spiro atoms. The molecule has 0 bridgehead atoms. The number of anilines is 2. The van der Waals surface area contributed by atoms with Crippen molar-refractivity contribution in [3.8, 4) is 0 Å². The van der Waals surface area contributed by atoms with Gasteiger partial charge >= 0.3 is 6.18 Å². The fourth-order valence-electron chi connectivity index (χ4n) is 3.15.